The second-order valence-electron chi connectivity index (χ2n) is 6.26. The SMILES string of the molecule is CCCCCCOC(=O)C1CCC(C(=O)OC(C)C)CC1. The summed E-state index contributed by atoms with van der Waals surface area (Å²) in [6.07, 6.45) is 7.35. The molecule has 0 saturated heterocycles. The van der Waals surface area contributed by atoms with Gasteiger partial charge in [-0.05, 0) is 46.0 Å². The molecule has 1 fully saturated rings. The molecular formula is C17H30O4. The van der Waals surface area contributed by atoms with Crippen LogP contribution in [0.5, 0.6) is 0 Å². The van der Waals surface area contributed by atoms with Gasteiger partial charge in [0, 0.05) is 0 Å². The maximum Gasteiger partial charge on any atom is 0.309 e. The monoisotopic (exact) mass is 298 g/mol. The Morgan fingerprint density at radius 2 is 1.52 bits per heavy atom. The van der Waals surface area contributed by atoms with Crippen molar-refractivity contribution in [2.24, 2.45) is 11.8 Å². The molecule has 1 rings (SSSR count). The van der Waals surface area contributed by atoms with E-state index in [0.29, 0.717) is 6.61 Å². The number of unbranched alkanes of at least 4 members (excludes halogenated alkanes) is 3. The molecule has 0 N–H and O–H groups in total. The third kappa shape index (κ3) is 6.96. The number of hydrogen-bond donors (Lipinski definition) is 0. The first-order valence-corrected chi connectivity index (χ1v) is 8.41. The Kier molecular flexibility index (Phi) is 8.40. The molecule has 1 saturated carbocycles. The van der Waals surface area contributed by atoms with E-state index in [1.54, 1.807) is 0 Å². The Morgan fingerprint density at radius 3 is 2.05 bits per heavy atom. The second-order valence-corrected chi connectivity index (χ2v) is 6.26. The van der Waals surface area contributed by atoms with Gasteiger partial charge in [-0.3, -0.25) is 9.59 Å². The number of carbonyl (C=O) groups excluding carboxylic acids is 2. The molecule has 0 radical (unpaired) electrons. The molecule has 0 aliphatic heterocycles. The lowest BCUT2D eigenvalue weighted by molar-refractivity contribution is -0.157. The fourth-order valence-electron chi connectivity index (χ4n) is 2.71. The highest BCUT2D eigenvalue weighted by atomic mass is 16.5. The summed E-state index contributed by atoms with van der Waals surface area (Å²) < 4.78 is 10.6. The van der Waals surface area contributed by atoms with E-state index >= 15 is 0 Å². The highest BCUT2D eigenvalue weighted by molar-refractivity contribution is 5.75. The summed E-state index contributed by atoms with van der Waals surface area (Å²) in [4.78, 5) is 23.8. The van der Waals surface area contributed by atoms with Crippen LogP contribution in [0, 0.1) is 11.8 Å². The Bertz CT molecular complexity index is 317. The van der Waals surface area contributed by atoms with Crippen LogP contribution in [0.4, 0.5) is 0 Å². The zero-order valence-corrected chi connectivity index (χ0v) is 13.7. The number of carbonyl (C=O) groups is 2. The smallest absolute Gasteiger partial charge is 0.309 e. The predicted octanol–water partition coefficient (Wildman–Crippen LogP) is 3.87. The Balaban J connectivity index is 2.19. The summed E-state index contributed by atoms with van der Waals surface area (Å²) in [5.41, 5.74) is 0. The summed E-state index contributed by atoms with van der Waals surface area (Å²) in [5.74, 6) is -0.265. The standard InChI is InChI=1S/C17H30O4/c1-4-5-6-7-12-20-16(18)14-8-10-15(11-9-14)17(19)21-13(2)3/h13-15H,4-12H2,1-3H3. The van der Waals surface area contributed by atoms with E-state index in [9.17, 15) is 9.59 Å². The van der Waals surface area contributed by atoms with Crippen LogP contribution in [0.25, 0.3) is 0 Å². The van der Waals surface area contributed by atoms with Crippen molar-refractivity contribution in [1.29, 1.82) is 0 Å². The average Bonchev–Trinajstić information content (AvgIpc) is 2.46. The fraction of sp³-hybridized carbons (Fsp3) is 0.882. The van der Waals surface area contributed by atoms with Gasteiger partial charge >= 0.3 is 11.9 Å². The number of hydrogen-bond acceptors (Lipinski definition) is 4. The van der Waals surface area contributed by atoms with E-state index in [1.165, 1.54) is 12.8 Å². The van der Waals surface area contributed by atoms with Gasteiger partial charge in [-0.1, -0.05) is 26.2 Å². The van der Waals surface area contributed by atoms with Crippen LogP contribution in [0.2, 0.25) is 0 Å². The Morgan fingerprint density at radius 1 is 0.952 bits per heavy atom. The Hall–Kier alpha value is -1.06. The molecule has 4 nitrogen and oxygen atoms in total. The number of esters is 2. The summed E-state index contributed by atoms with van der Waals surface area (Å²) in [6.45, 7) is 6.42. The van der Waals surface area contributed by atoms with Gasteiger partial charge < -0.3 is 9.47 Å². The Labute approximate surface area is 128 Å². The molecule has 0 aromatic rings. The summed E-state index contributed by atoms with van der Waals surface area (Å²) in [5, 5.41) is 0. The molecule has 21 heavy (non-hydrogen) atoms. The van der Waals surface area contributed by atoms with Crippen molar-refractivity contribution in [3.8, 4) is 0 Å². The first kappa shape index (κ1) is 18.0. The van der Waals surface area contributed by atoms with Crippen LogP contribution in [0.3, 0.4) is 0 Å². The highest BCUT2D eigenvalue weighted by Gasteiger charge is 2.31. The summed E-state index contributed by atoms with van der Waals surface area (Å²) in [7, 11) is 0. The third-order valence-electron chi connectivity index (χ3n) is 3.99. The van der Waals surface area contributed by atoms with Crippen molar-refractivity contribution in [2.75, 3.05) is 6.61 Å². The van der Waals surface area contributed by atoms with Crippen molar-refractivity contribution in [3.05, 3.63) is 0 Å². The summed E-state index contributed by atoms with van der Waals surface area (Å²) >= 11 is 0. The minimum atomic E-state index is -0.114. The van der Waals surface area contributed by atoms with Crippen LogP contribution in [-0.2, 0) is 19.1 Å². The maximum atomic E-state index is 11.9. The van der Waals surface area contributed by atoms with Gasteiger partial charge in [0.15, 0.2) is 0 Å². The molecule has 1 aliphatic carbocycles. The van der Waals surface area contributed by atoms with Crippen LogP contribution >= 0.6 is 0 Å². The molecule has 0 bridgehead atoms. The number of rotatable bonds is 8. The minimum Gasteiger partial charge on any atom is -0.465 e. The lowest BCUT2D eigenvalue weighted by atomic mass is 9.82. The predicted molar refractivity (Wildman–Crippen MR) is 81.8 cm³/mol. The molecule has 122 valence electrons. The topological polar surface area (TPSA) is 52.6 Å². The molecular weight excluding hydrogens is 268 g/mol. The molecule has 0 aromatic carbocycles. The first-order chi connectivity index (χ1) is 10.0. The van der Waals surface area contributed by atoms with Gasteiger partial charge in [-0.15, -0.1) is 0 Å². The molecule has 0 unspecified atom stereocenters. The zero-order valence-electron chi connectivity index (χ0n) is 13.7. The number of ether oxygens (including phenoxy) is 2. The molecule has 1 aliphatic rings. The van der Waals surface area contributed by atoms with Crippen LogP contribution < -0.4 is 0 Å². The third-order valence-corrected chi connectivity index (χ3v) is 3.99. The quantitative estimate of drug-likeness (QED) is 0.504. The second kappa shape index (κ2) is 9.80. The van der Waals surface area contributed by atoms with E-state index in [2.05, 4.69) is 6.92 Å². The van der Waals surface area contributed by atoms with Crippen molar-refractivity contribution in [3.63, 3.8) is 0 Å². The minimum absolute atomic E-state index is 0.0284. The fourth-order valence-corrected chi connectivity index (χ4v) is 2.71. The van der Waals surface area contributed by atoms with Gasteiger partial charge in [-0.2, -0.15) is 0 Å². The largest absolute Gasteiger partial charge is 0.465 e. The van der Waals surface area contributed by atoms with E-state index in [0.717, 1.165) is 38.5 Å². The van der Waals surface area contributed by atoms with Crippen molar-refractivity contribution in [1.82, 2.24) is 0 Å². The van der Waals surface area contributed by atoms with Crippen molar-refractivity contribution in [2.45, 2.75) is 78.2 Å². The molecule has 0 heterocycles. The van der Waals surface area contributed by atoms with Gasteiger partial charge in [0.05, 0.1) is 24.5 Å². The zero-order chi connectivity index (χ0) is 15.7. The van der Waals surface area contributed by atoms with Gasteiger partial charge in [0.1, 0.15) is 0 Å². The maximum absolute atomic E-state index is 11.9. The average molecular weight is 298 g/mol. The van der Waals surface area contributed by atoms with Crippen molar-refractivity contribution >= 4 is 11.9 Å². The molecule has 0 amide bonds. The van der Waals surface area contributed by atoms with Crippen molar-refractivity contribution < 1.29 is 19.1 Å². The highest BCUT2D eigenvalue weighted by Crippen LogP contribution is 2.30. The lowest BCUT2D eigenvalue weighted by Gasteiger charge is -2.26. The van der Waals surface area contributed by atoms with Crippen LogP contribution in [-0.4, -0.2) is 24.6 Å². The molecule has 4 heteroatoms. The van der Waals surface area contributed by atoms with E-state index in [4.69, 9.17) is 9.47 Å². The summed E-state index contributed by atoms with van der Waals surface area (Å²) in [6, 6.07) is 0. The first-order valence-electron chi connectivity index (χ1n) is 8.41. The lowest BCUT2D eigenvalue weighted by Crippen LogP contribution is -2.29. The van der Waals surface area contributed by atoms with E-state index < -0.39 is 0 Å². The van der Waals surface area contributed by atoms with Gasteiger partial charge in [0.25, 0.3) is 0 Å². The van der Waals surface area contributed by atoms with Gasteiger partial charge in [-0.25, -0.2) is 0 Å². The van der Waals surface area contributed by atoms with E-state index in [1.807, 2.05) is 13.8 Å². The van der Waals surface area contributed by atoms with Gasteiger partial charge in [0.2, 0.25) is 0 Å². The van der Waals surface area contributed by atoms with Crippen LogP contribution in [0.15, 0.2) is 0 Å². The van der Waals surface area contributed by atoms with E-state index in [-0.39, 0.29) is 29.9 Å². The molecule has 0 atom stereocenters. The van der Waals surface area contributed by atoms with Crippen LogP contribution in [0.1, 0.15) is 72.1 Å². The normalized spacial score (nSPS) is 22.1. The molecule has 0 aromatic heterocycles. The molecule has 0 spiro atoms.